The zero-order valence-electron chi connectivity index (χ0n) is 14.1. The van der Waals surface area contributed by atoms with Gasteiger partial charge in [-0.25, -0.2) is 0 Å². The SMILES string of the molecule is CC(C)=C[C@@H]1C=C(C)[C@@H](C)[C@@H]2C(=O)N(Cc3ccco3)C(=O)[C@H]12. The van der Waals surface area contributed by atoms with Crippen LogP contribution in [0.15, 0.2) is 46.1 Å². The summed E-state index contributed by atoms with van der Waals surface area (Å²) in [5, 5.41) is 0. The number of carbonyl (C=O) groups excluding carboxylic acids is 2. The molecule has 1 fully saturated rings. The third-order valence-electron chi connectivity index (χ3n) is 5.04. The van der Waals surface area contributed by atoms with Crippen LogP contribution in [0.3, 0.4) is 0 Å². The molecule has 1 aliphatic carbocycles. The monoisotopic (exact) mass is 313 g/mol. The van der Waals surface area contributed by atoms with Crippen LogP contribution in [0.5, 0.6) is 0 Å². The average Bonchev–Trinajstić information content (AvgIpc) is 3.06. The molecule has 0 bridgehead atoms. The fourth-order valence-electron chi connectivity index (χ4n) is 3.80. The second kappa shape index (κ2) is 5.84. The molecule has 2 amide bonds. The highest BCUT2D eigenvalue weighted by atomic mass is 16.3. The number of rotatable bonds is 3. The summed E-state index contributed by atoms with van der Waals surface area (Å²) in [4.78, 5) is 27.2. The standard InChI is InChI=1S/C19H23NO3/c1-11(2)8-14-9-12(3)13(4)16-17(14)19(22)20(18(16)21)10-15-6-5-7-23-15/h5-9,13-14,16-17H,10H2,1-4H3/t13-,14-,16+,17-/m1/s1. The number of nitrogens with zero attached hydrogens (tertiary/aromatic N) is 1. The van der Waals surface area contributed by atoms with Crippen LogP contribution in [0.2, 0.25) is 0 Å². The molecule has 0 spiro atoms. The van der Waals surface area contributed by atoms with Crippen LogP contribution in [-0.4, -0.2) is 16.7 Å². The number of hydrogen-bond acceptors (Lipinski definition) is 3. The van der Waals surface area contributed by atoms with Gasteiger partial charge in [-0.05, 0) is 38.8 Å². The van der Waals surface area contributed by atoms with E-state index in [0.29, 0.717) is 5.76 Å². The smallest absolute Gasteiger partial charge is 0.234 e. The minimum absolute atomic E-state index is 0.000693. The largest absolute Gasteiger partial charge is 0.467 e. The van der Waals surface area contributed by atoms with Gasteiger partial charge < -0.3 is 4.42 Å². The second-order valence-electron chi connectivity index (χ2n) is 6.91. The van der Waals surface area contributed by atoms with Gasteiger partial charge in [0, 0.05) is 5.92 Å². The fourth-order valence-corrected chi connectivity index (χ4v) is 3.80. The second-order valence-corrected chi connectivity index (χ2v) is 6.91. The van der Waals surface area contributed by atoms with Gasteiger partial charge in [-0.15, -0.1) is 0 Å². The van der Waals surface area contributed by atoms with Gasteiger partial charge >= 0.3 is 0 Å². The van der Waals surface area contributed by atoms with Gasteiger partial charge in [0.1, 0.15) is 5.76 Å². The number of amides is 2. The summed E-state index contributed by atoms with van der Waals surface area (Å²) in [6.07, 6.45) is 5.82. The van der Waals surface area contributed by atoms with Gasteiger partial charge in [-0.3, -0.25) is 14.5 Å². The lowest BCUT2D eigenvalue weighted by Gasteiger charge is -2.32. The Morgan fingerprint density at radius 3 is 2.57 bits per heavy atom. The molecule has 0 radical (unpaired) electrons. The molecule has 0 saturated carbocycles. The molecule has 0 aromatic carbocycles. The van der Waals surface area contributed by atoms with Crippen LogP contribution in [-0.2, 0) is 16.1 Å². The van der Waals surface area contributed by atoms with Gasteiger partial charge in [-0.1, -0.05) is 30.2 Å². The van der Waals surface area contributed by atoms with E-state index in [4.69, 9.17) is 4.42 Å². The van der Waals surface area contributed by atoms with E-state index in [1.54, 1.807) is 18.4 Å². The minimum atomic E-state index is -0.286. The van der Waals surface area contributed by atoms with Crippen LogP contribution in [0, 0.1) is 23.7 Å². The van der Waals surface area contributed by atoms with Crippen molar-refractivity contribution in [2.45, 2.75) is 34.2 Å². The Morgan fingerprint density at radius 2 is 1.96 bits per heavy atom. The Hall–Kier alpha value is -2.10. The predicted octanol–water partition coefficient (Wildman–Crippen LogP) is 3.56. The van der Waals surface area contributed by atoms with E-state index in [9.17, 15) is 9.59 Å². The molecule has 0 N–H and O–H groups in total. The lowest BCUT2D eigenvalue weighted by molar-refractivity contribution is -0.141. The van der Waals surface area contributed by atoms with Crippen molar-refractivity contribution in [3.63, 3.8) is 0 Å². The van der Waals surface area contributed by atoms with E-state index >= 15 is 0 Å². The molecule has 4 atom stereocenters. The maximum atomic E-state index is 12.9. The fraction of sp³-hybridized carbons (Fsp3) is 0.474. The molecule has 23 heavy (non-hydrogen) atoms. The molecule has 3 rings (SSSR count). The van der Waals surface area contributed by atoms with Gasteiger partial charge in [0.2, 0.25) is 11.8 Å². The van der Waals surface area contributed by atoms with E-state index in [1.165, 1.54) is 10.5 Å². The molecule has 1 aromatic rings. The summed E-state index contributed by atoms with van der Waals surface area (Å²) in [6, 6.07) is 3.57. The Morgan fingerprint density at radius 1 is 1.26 bits per heavy atom. The van der Waals surface area contributed by atoms with Crippen LogP contribution in [0.1, 0.15) is 33.5 Å². The summed E-state index contributed by atoms with van der Waals surface area (Å²) < 4.78 is 5.31. The Labute approximate surface area is 136 Å². The first-order valence-electron chi connectivity index (χ1n) is 8.11. The zero-order chi connectivity index (χ0) is 16.7. The predicted molar refractivity (Wildman–Crippen MR) is 87.1 cm³/mol. The lowest BCUT2D eigenvalue weighted by Crippen LogP contribution is -2.33. The van der Waals surface area contributed by atoms with Crippen molar-refractivity contribution in [3.8, 4) is 0 Å². The summed E-state index contributed by atoms with van der Waals surface area (Å²) >= 11 is 0. The van der Waals surface area contributed by atoms with Gasteiger partial charge in [-0.2, -0.15) is 0 Å². The molecule has 4 nitrogen and oxygen atoms in total. The van der Waals surface area contributed by atoms with Crippen LogP contribution in [0.25, 0.3) is 0 Å². The number of fused-ring (bicyclic) bond motifs is 1. The minimum Gasteiger partial charge on any atom is -0.467 e. The van der Waals surface area contributed by atoms with Crippen molar-refractivity contribution in [1.29, 1.82) is 0 Å². The molecule has 0 unspecified atom stereocenters. The molecule has 1 aromatic heterocycles. The number of furan rings is 1. The van der Waals surface area contributed by atoms with Gasteiger partial charge in [0.15, 0.2) is 0 Å². The van der Waals surface area contributed by atoms with Crippen LogP contribution >= 0.6 is 0 Å². The van der Waals surface area contributed by atoms with Crippen molar-refractivity contribution >= 4 is 11.8 Å². The molecule has 4 heteroatoms. The quantitative estimate of drug-likeness (QED) is 0.633. The topological polar surface area (TPSA) is 50.5 Å². The summed E-state index contributed by atoms with van der Waals surface area (Å²) in [5.74, 6) is 0.0488. The highest BCUT2D eigenvalue weighted by molar-refractivity contribution is 6.06. The summed E-state index contributed by atoms with van der Waals surface area (Å²) in [7, 11) is 0. The molecular weight excluding hydrogens is 290 g/mol. The Kier molecular flexibility index (Phi) is 4.00. The van der Waals surface area contributed by atoms with Crippen molar-refractivity contribution in [3.05, 3.63) is 47.5 Å². The molecular formula is C19H23NO3. The molecule has 2 aliphatic rings. The van der Waals surface area contributed by atoms with Crippen LogP contribution in [0.4, 0.5) is 0 Å². The Bertz CT molecular complexity index is 679. The van der Waals surface area contributed by atoms with Crippen molar-refractivity contribution in [1.82, 2.24) is 4.90 Å². The Balaban J connectivity index is 1.96. The van der Waals surface area contributed by atoms with Crippen molar-refractivity contribution < 1.29 is 14.0 Å². The van der Waals surface area contributed by atoms with Gasteiger partial charge in [0.25, 0.3) is 0 Å². The zero-order valence-corrected chi connectivity index (χ0v) is 14.1. The number of hydrogen-bond donors (Lipinski definition) is 0. The number of allylic oxidation sites excluding steroid dienone is 4. The summed E-state index contributed by atoms with van der Waals surface area (Å²) in [5.41, 5.74) is 2.35. The van der Waals surface area contributed by atoms with E-state index in [0.717, 1.165) is 5.57 Å². The maximum absolute atomic E-state index is 12.9. The van der Waals surface area contributed by atoms with E-state index < -0.39 is 0 Å². The summed E-state index contributed by atoms with van der Waals surface area (Å²) in [6.45, 7) is 8.38. The number of likely N-dealkylation sites (tertiary alicyclic amines) is 1. The van der Waals surface area contributed by atoms with E-state index in [1.807, 2.05) is 20.8 Å². The highest BCUT2D eigenvalue weighted by Crippen LogP contribution is 2.45. The van der Waals surface area contributed by atoms with Gasteiger partial charge in [0.05, 0.1) is 24.6 Å². The first-order chi connectivity index (χ1) is 10.9. The van der Waals surface area contributed by atoms with Crippen molar-refractivity contribution in [2.75, 3.05) is 0 Å². The first kappa shape index (κ1) is 15.8. The maximum Gasteiger partial charge on any atom is 0.234 e. The molecule has 1 saturated heterocycles. The highest BCUT2D eigenvalue weighted by Gasteiger charge is 2.54. The van der Waals surface area contributed by atoms with E-state index in [-0.39, 0.29) is 42.0 Å². The number of carbonyl (C=O) groups is 2. The normalized spacial score (nSPS) is 30.3. The van der Waals surface area contributed by atoms with E-state index in [2.05, 4.69) is 19.1 Å². The lowest BCUT2D eigenvalue weighted by atomic mass is 9.69. The third-order valence-corrected chi connectivity index (χ3v) is 5.04. The van der Waals surface area contributed by atoms with Crippen molar-refractivity contribution in [2.24, 2.45) is 23.7 Å². The van der Waals surface area contributed by atoms with Crippen LogP contribution < -0.4 is 0 Å². The third kappa shape index (κ3) is 2.67. The first-order valence-corrected chi connectivity index (χ1v) is 8.11. The molecule has 1 aliphatic heterocycles. The average molecular weight is 313 g/mol. The molecule has 122 valence electrons. The number of imide groups is 1. The molecule has 2 heterocycles.